The first kappa shape index (κ1) is 15.9. The lowest BCUT2D eigenvalue weighted by Crippen LogP contribution is -2.14. The molecule has 2 aromatic heterocycles. The van der Waals surface area contributed by atoms with Crippen LogP contribution in [0.1, 0.15) is 34.0 Å². The molecular weight excluding hydrogens is 323 g/mol. The second kappa shape index (κ2) is 5.91. The summed E-state index contributed by atoms with van der Waals surface area (Å²) < 4.78 is 40.4. The number of alkyl halides is 2. The SMILES string of the molecule is Cc1cc(C(F)F)n2nc(C(=O)Nc3ccc(C)c(F)c3)nc2n1. The number of nitrogens with one attached hydrogen (secondary N) is 1. The molecule has 1 aromatic carbocycles. The molecule has 0 aliphatic carbocycles. The molecule has 0 saturated carbocycles. The summed E-state index contributed by atoms with van der Waals surface area (Å²) in [6.07, 6.45) is -2.79. The van der Waals surface area contributed by atoms with Crippen molar-refractivity contribution in [2.24, 2.45) is 0 Å². The molecule has 0 fully saturated rings. The van der Waals surface area contributed by atoms with Crippen LogP contribution in [0.5, 0.6) is 0 Å². The zero-order valence-electron chi connectivity index (χ0n) is 12.7. The minimum Gasteiger partial charge on any atom is -0.319 e. The monoisotopic (exact) mass is 335 g/mol. The van der Waals surface area contributed by atoms with Crippen LogP contribution in [-0.2, 0) is 0 Å². The molecule has 24 heavy (non-hydrogen) atoms. The fourth-order valence-electron chi connectivity index (χ4n) is 2.12. The second-order valence-electron chi connectivity index (χ2n) is 5.19. The van der Waals surface area contributed by atoms with E-state index in [1.54, 1.807) is 6.92 Å². The summed E-state index contributed by atoms with van der Waals surface area (Å²) in [6, 6.07) is 5.33. The Kier molecular flexibility index (Phi) is 3.92. The first-order chi connectivity index (χ1) is 11.3. The van der Waals surface area contributed by atoms with Crippen molar-refractivity contribution >= 4 is 17.4 Å². The molecule has 3 aromatic rings. The van der Waals surface area contributed by atoms with Crippen molar-refractivity contribution in [3.8, 4) is 0 Å². The molecule has 0 bridgehead atoms. The van der Waals surface area contributed by atoms with Crippen molar-refractivity contribution in [1.29, 1.82) is 0 Å². The largest absolute Gasteiger partial charge is 0.319 e. The third-order valence-corrected chi connectivity index (χ3v) is 3.32. The highest BCUT2D eigenvalue weighted by Gasteiger charge is 2.20. The number of aromatic nitrogens is 4. The third-order valence-electron chi connectivity index (χ3n) is 3.32. The molecule has 124 valence electrons. The molecule has 0 atom stereocenters. The van der Waals surface area contributed by atoms with Gasteiger partial charge in [0.1, 0.15) is 11.5 Å². The number of benzene rings is 1. The molecule has 1 amide bonds. The van der Waals surface area contributed by atoms with E-state index >= 15 is 0 Å². The Morgan fingerprint density at radius 1 is 1.21 bits per heavy atom. The van der Waals surface area contributed by atoms with E-state index in [0.29, 0.717) is 11.3 Å². The predicted octanol–water partition coefficient (Wildman–Crippen LogP) is 3.07. The van der Waals surface area contributed by atoms with Gasteiger partial charge in [-0.15, -0.1) is 5.10 Å². The van der Waals surface area contributed by atoms with E-state index < -0.39 is 23.8 Å². The minimum absolute atomic E-state index is 0.106. The number of hydrogen-bond acceptors (Lipinski definition) is 4. The van der Waals surface area contributed by atoms with Crippen molar-refractivity contribution in [1.82, 2.24) is 19.6 Å². The van der Waals surface area contributed by atoms with E-state index in [1.165, 1.54) is 25.1 Å². The number of nitrogens with zero attached hydrogens (tertiary/aromatic N) is 4. The Hall–Kier alpha value is -2.97. The minimum atomic E-state index is -2.79. The van der Waals surface area contributed by atoms with Crippen LogP contribution in [0.15, 0.2) is 24.3 Å². The molecule has 0 aliphatic heterocycles. The summed E-state index contributed by atoms with van der Waals surface area (Å²) >= 11 is 0. The van der Waals surface area contributed by atoms with Crippen molar-refractivity contribution in [3.05, 3.63) is 52.9 Å². The summed E-state index contributed by atoms with van der Waals surface area (Å²) in [7, 11) is 0. The fraction of sp³-hybridized carbons (Fsp3) is 0.200. The van der Waals surface area contributed by atoms with Gasteiger partial charge in [-0.2, -0.15) is 9.50 Å². The van der Waals surface area contributed by atoms with Crippen LogP contribution in [0.2, 0.25) is 0 Å². The summed E-state index contributed by atoms with van der Waals surface area (Å²) in [4.78, 5) is 20.0. The van der Waals surface area contributed by atoms with E-state index in [2.05, 4.69) is 20.4 Å². The highest BCUT2D eigenvalue weighted by molar-refractivity contribution is 6.01. The molecule has 2 heterocycles. The van der Waals surface area contributed by atoms with Crippen molar-refractivity contribution in [3.63, 3.8) is 0 Å². The topological polar surface area (TPSA) is 72.2 Å². The lowest BCUT2D eigenvalue weighted by Gasteiger charge is -2.04. The Labute approximate surface area is 134 Å². The highest BCUT2D eigenvalue weighted by atomic mass is 19.3. The average molecular weight is 335 g/mol. The first-order valence-electron chi connectivity index (χ1n) is 6.95. The zero-order chi connectivity index (χ0) is 17.4. The van der Waals surface area contributed by atoms with Gasteiger partial charge >= 0.3 is 0 Å². The Morgan fingerprint density at radius 2 is 1.96 bits per heavy atom. The van der Waals surface area contributed by atoms with Gasteiger partial charge in [-0.25, -0.2) is 18.2 Å². The molecule has 0 saturated heterocycles. The number of carbonyl (C=O) groups excluding carboxylic acids is 1. The quantitative estimate of drug-likeness (QED) is 0.798. The van der Waals surface area contributed by atoms with Crippen LogP contribution in [0.25, 0.3) is 5.78 Å². The number of amides is 1. The molecule has 9 heteroatoms. The maximum absolute atomic E-state index is 13.5. The zero-order valence-corrected chi connectivity index (χ0v) is 12.7. The average Bonchev–Trinajstić information content (AvgIpc) is 2.93. The van der Waals surface area contributed by atoms with Gasteiger partial charge < -0.3 is 5.32 Å². The van der Waals surface area contributed by atoms with Crippen molar-refractivity contribution < 1.29 is 18.0 Å². The summed E-state index contributed by atoms with van der Waals surface area (Å²) in [5, 5.41) is 6.19. The second-order valence-corrected chi connectivity index (χ2v) is 5.19. The van der Waals surface area contributed by atoms with Gasteiger partial charge in [0.25, 0.3) is 18.1 Å². The van der Waals surface area contributed by atoms with E-state index in [1.807, 2.05) is 0 Å². The number of halogens is 3. The number of aryl methyl sites for hydroxylation is 2. The molecule has 0 unspecified atom stereocenters. The molecule has 0 spiro atoms. The van der Waals surface area contributed by atoms with Gasteiger partial charge in [0.15, 0.2) is 0 Å². The first-order valence-corrected chi connectivity index (χ1v) is 6.95. The standard InChI is InChI=1S/C15H12F3N5O/c1-7-3-4-9(6-10(7)16)20-14(24)13-21-15-19-8(2)5-11(12(17)18)23(15)22-13/h3-6,12H,1-2H3,(H,20,24). The summed E-state index contributed by atoms with van der Waals surface area (Å²) in [5.74, 6) is -1.67. The molecule has 3 rings (SSSR count). The van der Waals surface area contributed by atoms with E-state index in [9.17, 15) is 18.0 Å². The van der Waals surface area contributed by atoms with Crippen LogP contribution in [0.3, 0.4) is 0 Å². The van der Waals surface area contributed by atoms with Gasteiger partial charge in [-0.1, -0.05) is 6.07 Å². The summed E-state index contributed by atoms with van der Waals surface area (Å²) in [5.41, 5.74) is 0.559. The van der Waals surface area contributed by atoms with E-state index in [4.69, 9.17) is 0 Å². The van der Waals surface area contributed by atoms with E-state index in [0.717, 1.165) is 10.6 Å². The van der Waals surface area contributed by atoms with Crippen LogP contribution < -0.4 is 5.32 Å². The van der Waals surface area contributed by atoms with Gasteiger partial charge in [-0.3, -0.25) is 4.79 Å². The number of anilines is 1. The van der Waals surface area contributed by atoms with Crippen molar-refractivity contribution in [2.45, 2.75) is 20.3 Å². The normalized spacial score (nSPS) is 11.2. The molecule has 1 N–H and O–H groups in total. The number of hydrogen-bond donors (Lipinski definition) is 1. The molecular formula is C15H12F3N5O. The third kappa shape index (κ3) is 2.92. The van der Waals surface area contributed by atoms with Crippen LogP contribution in [-0.4, -0.2) is 25.5 Å². The van der Waals surface area contributed by atoms with Crippen LogP contribution in [0, 0.1) is 19.7 Å². The van der Waals surface area contributed by atoms with Crippen LogP contribution >= 0.6 is 0 Å². The smallest absolute Gasteiger partial charge is 0.295 e. The maximum atomic E-state index is 13.5. The number of rotatable bonds is 3. The predicted molar refractivity (Wildman–Crippen MR) is 79.6 cm³/mol. The van der Waals surface area contributed by atoms with Gasteiger partial charge in [-0.05, 0) is 37.6 Å². The number of fused-ring (bicyclic) bond motifs is 1. The van der Waals surface area contributed by atoms with Crippen molar-refractivity contribution in [2.75, 3.05) is 5.32 Å². The lowest BCUT2D eigenvalue weighted by molar-refractivity contribution is 0.101. The van der Waals surface area contributed by atoms with Crippen LogP contribution in [0.4, 0.5) is 18.9 Å². The van der Waals surface area contributed by atoms with Gasteiger partial charge in [0.2, 0.25) is 5.82 Å². The molecule has 0 radical (unpaired) electrons. The molecule has 0 aliphatic rings. The number of carbonyl (C=O) groups is 1. The van der Waals surface area contributed by atoms with E-state index in [-0.39, 0.29) is 17.3 Å². The van der Waals surface area contributed by atoms with Gasteiger partial charge in [0.05, 0.1) is 0 Å². The Bertz CT molecular complexity index is 938. The lowest BCUT2D eigenvalue weighted by atomic mass is 10.2. The molecule has 6 nitrogen and oxygen atoms in total. The Morgan fingerprint density at radius 3 is 2.62 bits per heavy atom. The van der Waals surface area contributed by atoms with Gasteiger partial charge in [0, 0.05) is 11.4 Å². The highest BCUT2D eigenvalue weighted by Crippen LogP contribution is 2.20. The summed E-state index contributed by atoms with van der Waals surface area (Å²) in [6.45, 7) is 3.12. The Balaban J connectivity index is 1.95. The fourth-order valence-corrected chi connectivity index (χ4v) is 2.12. The maximum Gasteiger partial charge on any atom is 0.295 e.